The van der Waals surface area contributed by atoms with Gasteiger partial charge >= 0.3 is 0 Å². The minimum Gasteiger partial charge on any atom is -0.454 e. The van der Waals surface area contributed by atoms with Gasteiger partial charge in [-0.25, -0.2) is 14.4 Å². The van der Waals surface area contributed by atoms with Crippen molar-refractivity contribution in [3.63, 3.8) is 0 Å². The summed E-state index contributed by atoms with van der Waals surface area (Å²) in [7, 11) is 0. The number of amidine groups is 1. The molecule has 1 aliphatic heterocycles. The molecule has 8 heteroatoms. The average Bonchev–Trinajstić information content (AvgIpc) is 2.63. The van der Waals surface area contributed by atoms with Gasteiger partial charge in [-0.3, -0.25) is 4.79 Å². The smallest absolute Gasteiger partial charge is 0.282 e. The molecule has 1 amide bonds. The highest BCUT2D eigenvalue weighted by Gasteiger charge is 2.38. The minimum atomic E-state index is -0.912. The third-order valence-corrected chi connectivity index (χ3v) is 4.84. The molecule has 6 nitrogen and oxygen atoms in total. The van der Waals surface area contributed by atoms with E-state index in [0.717, 1.165) is 0 Å². The first kappa shape index (κ1) is 19.1. The van der Waals surface area contributed by atoms with Gasteiger partial charge < -0.3 is 15.8 Å². The normalized spacial score (nSPS) is 19.2. The lowest BCUT2D eigenvalue weighted by molar-refractivity contribution is 0.0248. The monoisotopic (exact) mass is 390 g/mol. The van der Waals surface area contributed by atoms with Gasteiger partial charge in [-0.15, -0.1) is 0 Å². The quantitative estimate of drug-likeness (QED) is 0.831. The summed E-state index contributed by atoms with van der Waals surface area (Å²) in [5, 5.41) is 3.20. The second-order valence-corrected chi connectivity index (χ2v) is 6.82. The number of carbonyl (C=O) groups excluding carboxylic acids is 1. The highest BCUT2D eigenvalue weighted by atomic mass is 35.5. The van der Waals surface area contributed by atoms with E-state index in [4.69, 9.17) is 22.1 Å². The Kier molecular flexibility index (Phi) is 5.32. The minimum absolute atomic E-state index is 0.0397. The third-order valence-electron chi connectivity index (χ3n) is 4.63. The van der Waals surface area contributed by atoms with Crippen LogP contribution in [0.15, 0.2) is 35.5 Å². The van der Waals surface area contributed by atoms with E-state index in [1.807, 2.05) is 6.92 Å². The maximum absolute atomic E-state index is 14.6. The fourth-order valence-electron chi connectivity index (χ4n) is 3.18. The second kappa shape index (κ2) is 7.52. The maximum atomic E-state index is 14.6. The first-order chi connectivity index (χ1) is 12.8. The molecule has 3 rings (SSSR count). The zero-order valence-electron chi connectivity index (χ0n) is 15.1. The summed E-state index contributed by atoms with van der Waals surface area (Å²) in [6.45, 7) is 4.09. The Morgan fingerprint density at radius 2 is 2.22 bits per heavy atom. The molecule has 0 saturated carbocycles. The fourth-order valence-corrected chi connectivity index (χ4v) is 3.39. The van der Waals surface area contributed by atoms with Crippen molar-refractivity contribution in [2.45, 2.75) is 32.3 Å². The Bertz CT molecular complexity index is 919. The number of hydrogen-bond donors (Lipinski definition) is 2. The number of carbonyl (C=O) groups is 1. The van der Waals surface area contributed by atoms with Crippen molar-refractivity contribution in [2.75, 3.05) is 11.9 Å². The Morgan fingerprint density at radius 3 is 2.89 bits per heavy atom. The van der Waals surface area contributed by atoms with Crippen molar-refractivity contribution in [3.05, 3.63) is 58.1 Å². The predicted molar refractivity (Wildman–Crippen MR) is 102 cm³/mol. The number of nitrogens with zero attached hydrogens (tertiary/aromatic N) is 2. The van der Waals surface area contributed by atoms with Gasteiger partial charge in [0.25, 0.3) is 11.9 Å². The second-order valence-electron chi connectivity index (χ2n) is 6.39. The summed E-state index contributed by atoms with van der Waals surface area (Å²) in [5.41, 5.74) is 6.47. The summed E-state index contributed by atoms with van der Waals surface area (Å²) in [6, 6.07) is 6.06. The lowest BCUT2D eigenvalue weighted by atomic mass is 9.86. The number of hydrogen-bond acceptors (Lipinski definition) is 5. The Hall–Kier alpha value is -2.67. The molecule has 2 heterocycles. The maximum Gasteiger partial charge on any atom is 0.282 e. The van der Waals surface area contributed by atoms with Crippen LogP contribution in [-0.2, 0) is 10.3 Å². The number of aryl methyl sites for hydroxylation is 1. The van der Waals surface area contributed by atoms with E-state index in [0.29, 0.717) is 41.2 Å². The van der Waals surface area contributed by atoms with Gasteiger partial charge in [0, 0.05) is 30.4 Å². The molecule has 27 heavy (non-hydrogen) atoms. The lowest BCUT2D eigenvalue weighted by Gasteiger charge is -2.36. The van der Waals surface area contributed by atoms with Crippen molar-refractivity contribution in [1.29, 1.82) is 0 Å². The summed E-state index contributed by atoms with van der Waals surface area (Å²) in [5.74, 6) is -0.830. The van der Waals surface area contributed by atoms with Gasteiger partial charge in [-0.05, 0) is 43.2 Å². The zero-order chi connectivity index (χ0) is 19.6. The van der Waals surface area contributed by atoms with Crippen LogP contribution in [-0.4, -0.2) is 23.5 Å². The van der Waals surface area contributed by atoms with E-state index in [9.17, 15) is 9.18 Å². The van der Waals surface area contributed by atoms with E-state index in [1.54, 1.807) is 19.1 Å². The number of ether oxygens (including phenoxy) is 1. The van der Waals surface area contributed by atoms with Gasteiger partial charge in [0.2, 0.25) is 0 Å². The molecule has 1 aliphatic rings. The van der Waals surface area contributed by atoms with Crippen LogP contribution in [0, 0.1) is 12.7 Å². The third kappa shape index (κ3) is 3.88. The van der Waals surface area contributed by atoms with E-state index in [2.05, 4.69) is 15.3 Å². The molecule has 2 aromatic rings. The molecule has 142 valence electrons. The van der Waals surface area contributed by atoms with Crippen LogP contribution in [0.1, 0.15) is 41.4 Å². The van der Waals surface area contributed by atoms with Crippen molar-refractivity contribution >= 4 is 29.2 Å². The molecule has 0 spiro atoms. The van der Waals surface area contributed by atoms with Crippen molar-refractivity contribution in [3.8, 4) is 0 Å². The summed E-state index contributed by atoms with van der Waals surface area (Å²) in [6.07, 6.45) is 2.41. The SMILES string of the molecule is CC[C@@]1(c2cc(NC(=O)c3ncc(Cl)cc3C)ccc2F)CCN=C(N)O1. The largest absolute Gasteiger partial charge is 0.454 e. The Morgan fingerprint density at radius 1 is 1.44 bits per heavy atom. The van der Waals surface area contributed by atoms with Gasteiger partial charge in [0.05, 0.1) is 5.02 Å². The number of rotatable bonds is 4. The van der Waals surface area contributed by atoms with Crippen LogP contribution in [0.5, 0.6) is 0 Å². The van der Waals surface area contributed by atoms with E-state index < -0.39 is 17.3 Å². The number of nitrogens with two attached hydrogens (primary N) is 1. The van der Waals surface area contributed by atoms with Crippen LogP contribution < -0.4 is 11.1 Å². The van der Waals surface area contributed by atoms with Crippen LogP contribution >= 0.6 is 11.6 Å². The standard InChI is InChI=1S/C19H20ClFN4O2/c1-3-19(6-7-23-18(22)27-19)14-9-13(4-5-15(14)21)25-17(26)16-11(2)8-12(20)10-24-16/h4-5,8-10H,3,6-7H2,1-2H3,(H2,22,23)(H,25,26)/t19-/m0/s1. The molecule has 1 aromatic heterocycles. The van der Waals surface area contributed by atoms with Gasteiger partial charge in [0.15, 0.2) is 0 Å². The summed E-state index contributed by atoms with van der Waals surface area (Å²) >= 11 is 5.88. The van der Waals surface area contributed by atoms with Crippen molar-refractivity contribution in [2.24, 2.45) is 10.7 Å². The number of nitrogens with one attached hydrogen (secondary N) is 1. The number of amides is 1. The molecular formula is C19H20ClFN4O2. The summed E-state index contributed by atoms with van der Waals surface area (Å²) in [4.78, 5) is 20.6. The van der Waals surface area contributed by atoms with Gasteiger partial charge in [-0.2, -0.15) is 0 Å². The molecule has 0 fully saturated rings. The van der Waals surface area contributed by atoms with E-state index in [-0.39, 0.29) is 11.7 Å². The first-order valence-electron chi connectivity index (χ1n) is 8.57. The molecule has 1 atom stereocenters. The van der Waals surface area contributed by atoms with Crippen LogP contribution in [0.2, 0.25) is 5.02 Å². The van der Waals surface area contributed by atoms with Crippen LogP contribution in [0.3, 0.4) is 0 Å². The van der Waals surface area contributed by atoms with Crippen molar-refractivity contribution < 1.29 is 13.9 Å². The van der Waals surface area contributed by atoms with Gasteiger partial charge in [-0.1, -0.05) is 18.5 Å². The molecule has 0 radical (unpaired) electrons. The number of aliphatic imine (C=N–C) groups is 1. The topological polar surface area (TPSA) is 89.6 Å². The summed E-state index contributed by atoms with van der Waals surface area (Å²) < 4.78 is 20.3. The number of pyridine rings is 1. The predicted octanol–water partition coefficient (Wildman–Crippen LogP) is 3.78. The molecule has 0 aliphatic carbocycles. The highest BCUT2D eigenvalue weighted by molar-refractivity contribution is 6.30. The Labute approximate surface area is 161 Å². The van der Waals surface area contributed by atoms with Crippen LogP contribution in [0.4, 0.5) is 10.1 Å². The lowest BCUT2D eigenvalue weighted by Crippen LogP contribution is -2.40. The number of halogens is 2. The molecule has 1 aromatic carbocycles. The van der Waals surface area contributed by atoms with E-state index in [1.165, 1.54) is 18.3 Å². The molecule has 0 bridgehead atoms. The highest BCUT2D eigenvalue weighted by Crippen LogP contribution is 2.38. The molecular weight excluding hydrogens is 371 g/mol. The van der Waals surface area contributed by atoms with Crippen LogP contribution in [0.25, 0.3) is 0 Å². The molecule has 0 unspecified atom stereocenters. The first-order valence-corrected chi connectivity index (χ1v) is 8.95. The number of anilines is 1. The Balaban J connectivity index is 1.91. The van der Waals surface area contributed by atoms with Crippen molar-refractivity contribution in [1.82, 2.24) is 4.98 Å². The zero-order valence-corrected chi connectivity index (χ0v) is 15.8. The van der Waals surface area contributed by atoms with E-state index >= 15 is 0 Å². The molecule has 3 N–H and O–H groups in total. The number of aromatic nitrogens is 1. The van der Waals surface area contributed by atoms with Gasteiger partial charge in [0.1, 0.15) is 17.1 Å². The average molecular weight is 391 g/mol. The fraction of sp³-hybridized carbons (Fsp3) is 0.316. The molecule has 0 saturated heterocycles. The number of benzene rings is 1.